The first kappa shape index (κ1) is 15.4. The van der Waals surface area contributed by atoms with Gasteiger partial charge in [0.2, 0.25) is 5.91 Å². The second-order valence-electron chi connectivity index (χ2n) is 3.83. The summed E-state index contributed by atoms with van der Waals surface area (Å²) in [7, 11) is 1.53. The van der Waals surface area contributed by atoms with E-state index in [2.05, 4.69) is 11.2 Å². The molecule has 0 aliphatic heterocycles. The monoisotopic (exact) mass is 281 g/mol. The maximum atomic E-state index is 13.2. The number of rotatable bonds is 6. The van der Waals surface area contributed by atoms with Gasteiger partial charge in [0, 0.05) is 11.3 Å². The summed E-state index contributed by atoms with van der Waals surface area (Å²) in [6.07, 6.45) is 5.07. The van der Waals surface area contributed by atoms with Gasteiger partial charge in [-0.3, -0.25) is 4.79 Å². The molecule has 0 fully saturated rings. The van der Waals surface area contributed by atoms with Crippen LogP contribution in [-0.4, -0.2) is 24.8 Å². The number of amides is 1. The molecule has 0 bridgehead atoms. The Morgan fingerprint density at radius 2 is 2.37 bits per heavy atom. The summed E-state index contributed by atoms with van der Waals surface area (Å²) < 4.78 is 18.3. The third-order valence-corrected chi connectivity index (χ3v) is 3.66. The Bertz CT molecular complexity index is 485. The molecule has 0 aliphatic rings. The lowest BCUT2D eigenvalue weighted by molar-refractivity contribution is -0.120. The Morgan fingerprint density at radius 1 is 1.63 bits per heavy atom. The molecule has 1 N–H and O–H groups in total. The third kappa shape index (κ3) is 4.84. The molecule has 0 aromatic heterocycles. The average molecular weight is 281 g/mol. The molecule has 1 aromatic rings. The third-order valence-electron chi connectivity index (χ3n) is 2.47. The molecule has 102 valence electrons. The van der Waals surface area contributed by atoms with Crippen LogP contribution in [0.4, 0.5) is 4.39 Å². The fourth-order valence-corrected chi connectivity index (χ4v) is 2.32. The lowest BCUT2D eigenvalue weighted by atomic mass is 10.2. The van der Waals surface area contributed by atoms with Crippen LogP contribution in [0.15, 0.2) is 18.2 Å². The van der Waals surface area contributed by atoms with Crippen LogP contribution in [0.3, 0.4) is 0 Å². The number of carbonyl (C=O) groups is 1. The number of nitrogens with one attached hydrogen (secondary N) is 1. The van der Waals surface area contributed by atoms with Gasteiger partial charge in [0.15, 0.2) is 0 Å². The molecule has 0 heterocycles. The van der Waals surface area contributed by atoms with Gasteiger partial charge in [0.1, 0.15) is 11.6 Å². The van der Waals surface area contributed by atoms with Crippen molar-refractivity contribution in [2.75, 3.05) is 13.7 Å². The number of terminal acetylenes is 1. The topological polar surface area (TPSA) is 38.3 Å². The lowest BCUT2D eigenvalue weighted by Crippen LogP contribution is -2.31. The highest BCUT2D eigenvalue weighted by molar-refractivity contribution is 7.99. The standard InChI is InChI=1S/C14H16FNO2S/c1-4-7-16-14(17)10(2)19-9-11-8-12(15)5-6-13(11)18-3/h1,5-6,8,10H,7,9H2,2-3H3,(H,16,17). The predicted octanol–water partition coefficient (Wildman–Crippen LogP) is 2.21. The molecule has 0 spiro atoms. The summed E-state index contributed by atoms with van der Waals surface area (Å²) in [4.78, 5) is 11.6. The van der Waals surface area contributed by atoms with Crippen molar-refractivity contribution in [1.29, 1.82) is 0 Å². The molecule has 0 aliphatic carbocycles. The van der Waals surface area contributed by atoms with Crippen molar-refractivity contribution < 1.29 is 13.9 Å². The van der Waals surface area contributed by atoms with Crippen molar-refractivity contribution in [3.05, 3.63) is 29.6 Å². The molecule has 19 heavy (non-hydrogen) atoms. The summed E-state index contributed by atoms with van der Waals surface area (Å²) in [5, 5.41) is 2.34. The zero-order valence-corrected chi connectivity index (χ0v) is 11.7. The first-order valence-corrected chi connectivity index (χ1v) is 6.78. The van der Waals surface area contributed by atoms with Crippen molar-refractivity contribution in [1.82, 2.24) is 5.32 Å². The fraction of sp³-hybridized carbons (Fsp3) is 0.357. The molecule has 1 amide bonds. The van der Waals surface area contributed by atoms with E-state index in [1.165, 1.54) is 31.0 Å². The zero-order valence-electron chi connectivity index (χ0n) is 10.9. The maximum Gasteiger partial charge on any atom is 0.233 e. The Hall–Kier alpha value is -1.67. The summed E-state index contributed by atoms with van der Waals surface area (Å²) in [6, 6.07) is 4.34. The molecule has 0 saturated heterocycles. The number of hydrogen-bond donors (Lipinski definition) is 1. The normalized spacial score (nSPS) is 11.5. The number of thioether (sulfide) groups is 1. The summed E-state index contributed by atoms with van der Waals surface area (Å²) >= 11 is 1.40. The van der Waals surface area contributed by atoms with E-state index in [1.54, 1.807) is 13.0 Å². The summed E-state index contributed by atoms with van der Waals surface area (Å²) in [5.74, 6) is 3.00. The van der Waals surface area contributed by atoms with Crippen molar-refractivity contribution >= 4 is 17.7 Å². The Kier molecular flexibility index (Phi) is 6.23. The van der Waals surface area contributed by atoms with E-state index in [4.69, 9.17) is 11.2 Å². The smallest absolute Gasteiger partial charge is 0.233 e. The van der Waals surface area contributed by atoms with Gasteiger partial charge in [-0.15, -0.1) is 18.2 Å². The average Bonchev–Trinajstić information content (AvgIpc) is 2.42. The number of benzene rings is 1. The van der Waals surface area contributed by atoms with Gasteiger partial charge in [-0.25, -0.2) is 4.39 Å². The van der Waals surface area contributed by atoms with Crippen molar-refractivity contribution in [3.8, 4) is 18.1 Å². The minimum absolute atomic E-state index is 0.127. The first-order chi connectivity index (χ1) is 9.08. The number of halogens is 1. The molecule has 1 atom stereocenters. The van der Waals surface area contributed by atoms with Crippen LogP contribution >= 0.6 is 11.8 Å². The highest BCUT2D eigenvalue weighted by Crippen LogP contribution is 2.26. The number of carbonyl (C=O) groups excluding carboxylic acids is 1. The van der Waals surface area contributed by atoms with Crippen LogP contribution in [-0.2, 0) is 10.5 Å². The van der Waals surface area contributed by atoms with Gasteiger partial charge in [0.05, 0.1) is 18.9 Å². The van der Waals surface area contributed by atoms with Crippen LogP contribution in [0.25, 0.3) is 0 Å². The minimum atomic E-state index is -0.319. The molecular weight excluding hydrogens is 265 g/mol. The molecule has 3 nitrogen and oxygen atoms in total. The molecule has 0 saturated carbocycles. The zero-order chi connectivity index (χ0) is 14.3. The fourth-order valence-electron chi connectivity index (χ4n) is 1.43. The van der Waals surface area contributed by atoms with Crippen molar-refractivity contribution in [3.63, 3.8) is 0 Å². The highest BCUT2D eigenvalue weighted by Gasteiger charge is 2.14. The van der Waals surface area contributed by atoms with E-state index < -0.39 is 0 Å². The van der Waals surface area contributed by atoms with Crippen LogP contribution in [0.5, 0.6) is 5.75 Å². The highest BCUT2D eigenvalue weighted by atomic mass is 32.2. The lowest BCUT2D eigenvalue weighted by Gasteiger charge is -2.12. The van der Waals surface area contributed by atoms with Crippen LogP contribution in [0.2, 0.25) is 0 Å². The SMILES string of the molecule is C#CCNC(=O)C(C)SCc1cc(F)ccc1OC. The minimum Gasteiger partial charge on any atom is -0.496 e. The van der Waals surface area contributed by atoms with Gasteiger partial charge in [-0.05, 0) is 25.1 Å². The largest absolute Gasteiger partial charge is 0.496 e. The second-order valence-corrected chi connectivity index (χ2v) is 5.16. The maximum absolute atomic E-state index is 13.2. The molecule has 0 radical (unpaired) electrons. The number of methoxy groups -OCH3 is 1. The van der Waals surface area contributed by atoms with Gasteiger partial charge < -0.3 is 10.1 Å². The van der Waals surface area contributed by atoms with Crippen LogP contribution in [0, 0.1) is 18.2 Å². The van der Waals surface area contributed by atoms with Gasteiger partial charge >= 0.3 is 0 Å². The van der Waals surface area contributed by atoms with E-state index >= 15 is 0 Å². The van der Waals surface area contributed by atoms with Gasteiger partial charge in [-0.2, -0.15) is 0 Å². The molecular formula is C14H16FNO2S. The van der Waals surface area contributed by atoms with E-state index in [-0.39, 0.29) is 23.5 Å². The van der Waals surface area contributed by atoms with E-state index in [0.717, 1.165) is 5.56 Å². The van der Waals surface area contributed by atoms with Gasteiger partial charge in [0.25, 0.3) is 0 Å². The predicted molar refractivity (Wildman–Crippen MR) is 75.6 cm³/mol. The van der Waals surface area contributed by atoms with E-state index in [9.17, 15) is 9.18 Å². The summed E-state index contributed by atoms with van der Waals surface area (Å²) in [6.45, 7) is 2.00. The number of ether oxygens (including phenoxy) is 1. The Morgan fingerprint density at radius 3 is 3.00 bits per heavy atom. The quantitative estimate of drug-likeness (QED) is 0.812. The van der Waals surface area contributed by atoms with Gasteiger partial charge in [-0.1, -0.05) is 5.92 Å². The first-order valence-electron chi connectivity index (χ1n) is 5.73. The Balaban J connectivity index is 2.59. The van der Waals surface area contributed by atoms with Crippen molar-refractivity contribution in [2.45, 2.75) is 17.9 Å². The molecule has 1 unspecified atom stereocenters. The van der Waals surface area contributed by atoms with E-state index in [1.807, 2.05) is 0 Å². The second kappa shape index (κ2) is 7.70. The van der Waals surface area contributed by atoms with Crippen LogP contribution in [0.1, 0.15) is 12.5 Å². The Labute approximate surface area is 116 Å². The summed E-state index contributed by atoms with van der Waals surface area (Å²) in [5.41, 5.74) is 0.726. The van der Waals surface area contributed by atoms with Crippen molar-refractivity contribution in [2.24, 2.45) is 0 Å². The number of hydrogen-bond acceptors (Lipinski definition) is 3. The molecule has 5 heteroatoms. The van der Waals surface area contributed by atoms with Crippen LogP contribution < -0.4 is 10.1 Å². The molecule has 1 rings (SSSR count). The van der Waals surface area contributed by atoms with E-state index in [0.29, 0.717) is 11.5 Å². The molecule has 1 aromatic carbocycles.